The molecule has 0 bridgehead atoms. The van der Waals surface area contributed by atoms with E-state index in [1.807, 2.05) is 0 Å². The van der Waals surface area contributed by atoms with E-state index >= 15 is 0 Å². The molecule has 2 atom stereocenters. The van der Waals surface area contributed by atoms with Gasteiger partial charge < -0.3 is 15.3 Å². The zero-order valence-corrected chi connectivity index (χ0v) is 9.57. The summed E-state index contributed by atoms with van der Waals surface area (Å²) in [4.78, 5) is 0. The molecule has 0 saturated heterocycles. The lowest BCUT2D eigenvalue weighted by Crippen LogP contribution is -2.17. The molecule has 1 aromatic carbocycles. The van der Waals surface area contributed by atoms with Gasteiger partial charge in [-0.15, -0.1) is 0 Å². The van der Waals surface area contributed by atoms with Crippen molar-refractivity contribution in [3.63, 3.8) is 0 Å². The molecule has 0 aliphatic rings. The number of aliphatic hydroxyl groups excluding tert-OH is 2. The Morgan fingerprint density at radius 3 is 2.44 bits per heavy atom. The SMILES string of the molecule is N#CCC(O)C(O)c1cc(Cl)c(O)cc1Cl. The molecule has 3 N–H and O–H groups in total. The lowest BCUT2D eigenvalue weighted by Gasteiger charge is -2.17. The molecule has 2 unspecified atom stereocenters. The maximum Gasteiger partial charge on any atom is 0.135 e. The highest BCUT2D eigenvalue weighted by Crippen LogP contribution is 2.34. The number of halogens is 2. The van der Waals surface area contributed by atoms with Gasteiger partial charge in [0.2, 0.25) is 0 Å². The van der Waals surface area contributed by atoms with Crippen LogP contribution in [0.25, 0.3) is 0 Å². The number of hydrogen-bond acceptors (Lipinski definition) is 4. The molecule has 0 aliphatic carbocycles. The summed E-state index contributed by atoms with van der Waals surface area (Å²) in [6, 6.07) is 4.15. The summed E-state index contributed by atoms with van der Waals surface area (Å²) in [5.74, 6) is -0.211. The van der Waals surface area contributed by atoms with Gasteiger partial charge in [-0.25, -0.2) is 0 Å². The third-order valence-electron chi connectivity index (χ3n) is 2.05. The Morgan fingerprint density at radius 2 is 1.88 bits per heavy atom. The van der Waals surface area contributed by atoms with Crippen LogP contribution in [0.2, 0.25) is 10.0 Å². The molecule has 0 spiro atoms. The van der Waals surface area contributed by atoms with Gasteiger partial charge in [-0.2, -0.15) is 5.26 Å². The molecule has 16 heavy (non-hydrogen) atoms. The van der Waals surface area contributed by atoms with Crippen LogP contribution in [0.1, 0.15) is 18.1 Å². The van der Waals surface area contributed by atoms with E-state index in [0.717, 1.165) is 0 Å². The number of nitrogens with zero attached hydrogens (tertiary/aromatic N) is 1. The van der Waals surface area contributed by atoms with Gasteiger partial charge in [-0.05, 0) is 6.07 Å². The summed E-state index contributed by atoms with van der Waals surface area (Å²) in [6.45, 7) is 0. The van der Waals surface area contributed by atoms with E-state index < -0.39 is 12.2 Å². The molecule has 0 radical (unpaired) electrons. The Labute approximate surface area is 102 Å². The molecule has 4 nitrogen and oxygen atoms in total. The van der Waals surface area contributed by atoms with E-state index in [1.165, 1.54) is 12.1 Å². The number of hydrogen-bond donors (Lipinski definition) is 3. The lowest BCUT2D eigenvalue weighted by molar-refractivity contribution is 0.0217. The van der Waals surface area contributed by atoms with Crippen LogP contribution in [0.3, 0.4) is 0 Å². The highest BCUT2D eigenvalue weighted by Gasteiger charge is 2.21. The van der Waals surface area contributed by atoms with Crippen molar-refractivity contribution in [3.8, 4) is 11.8 Å². The van der Waals surface area contributed by atoms with Crippen LogP contribution in [-0.4, -0.2) is 21.4 Å². The predicted octanol–water partition coefficient (Wildman–Crippen LogP) is 2.01. The Balaban J connectivity index is 3.04. The fraction of sp³-hybridized carbons (Fsp3) is 0.300. The number of aromatic hydroxyl groups is 1. The van der Waals surface area contributed by atoms with E-state index in [0.29, 0.717) is 0 Å². The largest absolute Gasteiger partial charge is 0.506 e. The summed E-state index contributed by atoms with van der Waals surface area (Å²) >= 11 is 11.4. The van der Waals surface area contributed by atoms with Gasteiger partial charge in [0.05, 0.1) is 28.6 Å². The number of benzene rings is 1. The third kappa shape index (κ3) is 2.77. The number of aliphatic hydroxyl groups is 2. The summed E-state index contributed by atoms with van der Waals surface area (Å²) < 4.78 is 0. The molecule has 0 saturated carbocycles. The normalized spacial score (nSPS) is 14.2. The monoisotopic (exact) mass is 261 g/mol. The van der Waals surface area contributed by atoms with Crippen molar-refractivity contribution in [3.05, 3.63) is 27.7 Å². The first-order valence-corrected chi connectivity index (χ1v) is 5.14. The minimum atomic E-state index is -1.31. The van der Waals surface area contributed by atoms with Gasteiger partial charge in [0.15, 0.2) is 0 Å². The summed E-state index contributed by atoms with van der Waals surface area (Å²) in [5.41, 5.74) is 0.173. The smallest absolute Gasteiger partial charge is 0.135 e. The second kappa shape index (κ2) is 5.37. The van der Waals surface area contributed by atoms with E-state index in [1.54, 1.807) is 6.07 Å². The highest BCUT2D eigenvalue weighted by molar-refractivity contribution is 6.34. The Kier molecular flexibility index (Phi) is 4.39. The second-order valence-corrected chi connectivity index (χ2v) is 4.01. The average Bonchev–Trinajstić information content (AvgIpc) is 2.23. The van der Waals surface area contributed by atoms with Gasteiger partial charge >= 0.3 is 0 Å². The van der Waals surface area contributed by atoms with E-state index in [2.05, 4.69) is 0 Å². The van der Waals surface area contributed by atoms with E-state index in [9.17, 15) is 15.3 Å². The molecule has 0 fully saturated rings. The zero-order chi connectivity index (χ0) is 12.3. The minimum Gasteiger partial charge on any atom is -0.506 e. The molecule has 86 valence electrons. The molecule has 0 aliphatic heterocycles. The van der Waals surface area contributed by atoms with Crippen molar-refractivity contribution in [2.75, 3.05) is 0 Å². The van der Waals surface area contributed by atoms with Crippen LogP contribution in [0.15, 0.2) is 12.1 Å². The first kappa shape index (κ1) is 13.1. The zero-order valence-electron chi connectivity index (χ0n) is 8.06. The number of phenolic OH excluding ortho intramolecular Hbond substituents is 1. The third-order valence-corrected chi connectivity index (χ3v) is 2.68. The molecule has 6 heteroatoms. The first-order valence-electron chi connectivity index (χ1n) is 4.38. The highest BCUT2D eigenvalue weighted by atomic mass is 35.5. The molecular weight excluding hydrogens is 253 g/mol. The van der Waals surface area contributed by atoms with Crippen molar-refractivity contribution in [1.82, 2.24) is 0 Å². The van der Waals surface area contributed by atoms with Gasteiger partial charge in [0.1, 0.15) is 11.9 Å². The van der Waals surface area contributed by atoms with Crippen LogP contribution in [0, 0.1) is 11.3 Å². The van der Waals surface area contributed by atoms with E-state index in [4.69, 9.17) is 28.5 Å². The Hall–Kier alpha value is -0.990. The Bertz CT molecular complexity index is 431. The molecule has 1 aromatic rings. The number of phenols is 1. The van der Waals surface area contributed by atoms with Crippen molar-refractivity contribution in [2.24, 2.45) is 0 Å². The van der Waals surface area contributed by atoms with Crippen molar-refractivity contribution in [1.29, 1.82) is 5.26 Å². The lowest BCUT2D eigenvalue weighted by atomic mass is 10.0. The maximum absolute atomic E-state index is 9.69. The van der Waals surface area contributed by atoms with Gasteiger partial charge in [0.25, 0.3) is 0 Å². The average molecular weight is 262 g/mol. The van der Waals surface area contributed by atoms with Gasteiger partial charge in [-0.3, -0.25) is 0 Å². The topological polar surface area (TPSA) is 84.5 Å². The molecule has 1 rings (SSSR count). The fourth-order valence-corrected chi connectivity index (χ4v) is 1.63. The van der Waals surface area contributed by atoms with Gasteiger partial charge in [-0.1, -0.05) is 23.2 Å². The van der Waals surface area contributed by atoms with Crippen LogP contribution >= 0.6 is 23.2 Å². The molecular formula is C10H9Cl2NO3. The first-order chi connectivity index (χ1) is 7.47. The Morgan fingerprint density at radius 1 is 1.25 bits per heavy atom. The standard InChI is InChI=1S/C10H9Cl2NO3/c11-6-4-9(15)7(12)3-5(6)10(16)8(14)1-2-13/h3-4,8,10,14-16H,1H2. The van der Waals surface area contributed by atoms with Crippen molar-refractivity contribution >= 4 is 23.2 Å². The summed E-state index contributed by atoms with van der Waals surface area (Å²) in [6.07, 6.45) is -2.79. The van der Waals surface area contributed by atoms with Crippen LogP contribution in [-0.2, 0) is 0 Å². The second-order valence-electron chi connectivity index (χ2n) is 3.20. The van der Waals surface area contributed by atoms with Crippen molar-refractivity contribution in [2.45, 2.75) is 18.6 Å². The summed E-state index contributed by atoms with van der Waals surface area (Å²) in [7, 11) is 0. The van der Waals surface area contributed by atoms with Crippen LogP contribution < -0.4 is 0 Å². The quantitative estimate of drug-likeness (QED) is 0.777. The maximum atomic E-state index is 9.69. The number of nitriles is 1. The van der Waals surface area contributed by atoms with Crippen LogP contribution in [0.5, 0.6) is 5.75 Å². The van der Waals surface area contributed by atoms with Crippen molar-refractivity contribution < 1.29 is 15.3 Å². The predicted molar refractivity (Wildman–Crippen MR) is 59.3 cm³/mol. The molecule has 0 amide bonds. The minimum absolute atomic E-state index is 0.0163. The molecule has 0 aromatic heterocycles. The van der Waals surface area contributed by atoms with Crippen LogP contribution in [0.4, 0.5) is 0 Å². The van der Waals surface area contributed by atoms with Gasteiger partial charge in [0, 0.05) is 11.6 Å². The fourth-order valence-electron chi connectivity index (χ4n) is 1.19. The van der Waals surface area contributed by atoms with E-state index in [-0.39, 0.29) is 27.8 Å². The summed E-state index contributed by atoms with van der Waals surface area (Å²) in [5, 5.41) is 36.8. The number of rotatable bonds is 3. The molecule has 0 heterocycles.